The maximum absolute atomic E-state index is 12.1. The molecule has 2 rings (SSSR count). The van der Waals surface area contributed by atoms with E-state index in [1.807, 2.05) is 0 Å². The van der Waals surface area contributed by atoms with Crippen LogP contribution < -0.4 is 15.2 Å². The number of rotatable bonds is 5. The Bertz CT molecular complexity index is 682. The summed E-state index contributed by atoms with van der Waals surface area (Å²) in [6.07, 6.45) is 0. The molecule has 0 saturated heterocycles. The van der Waals surface area contributed by atoms with Crippen LogP contribution in [0.4, 0.5) is 5.69 Å². The molecule has 0 aromatic heterocycles. The summed E-state index contributed by atoms with van der Waals surface area (Å²) in [5.74, 6) is 0.712. The average molecular weight is 291 g/mol. The molecule has 0 atom stereocenters. The first kappa shape index (κ1) is 14.4. The molecule has 0 bridgehead atoms. The van der Waals surface area contributed by atoms with E-state index in [4.69, 9.17) is 10.5 Å². The van der Waals surface area contributed by atoms with E-state index in [0.29, 0.717) is 5.75 Å². The van der Waals surface area contributed by atoms with Crippen molar-refractivity contribution in [2.24, 2.45) is 0 Å². The van der Waals surface area contributed by atoms with Gasteiger partial charge in [0.2, 0.25) is 0 Å². The van der Waals surface area contributed by atoms with Gasteiger partial charge in [-0.15, -0.1) is 4.72 Å². The molecule has 0 aliphatic heterocycles. The zero-order chi connectivity index (χ0) is 14.6. The Balaban J connectivity index is 2.11. The number of sulfonamides is 1. The highest BCUT2D eigenvalue weighted by molar-refractivity contribution is 7.89. The largest absolute Gasteiger partial charge is 0.497 e. The van der Waals surface area contributed by atoms with Gasteiger partial charge in [0.25, 0.3) is 10.0 Å². The highest BCUT2D eigenvalue weighted by Crippen LogP contribution is 2.18. The van der Waals surface area contributed by atoms with Crippen LogP contribution in [0.5, 0.6) is 5.75 Å². The lowest BCUT2D eigenvalue weighted by atomic mass is 10.2. The maximum atomic E-state index is 12.1. The molecule has 0 saturated carbocycles. The number of nitrogens with two attached hydrogens (primary N) is 1. The van der Waals surface area contributed by atoms with Crippen molar-refractivity contribution in [3.8, 4) is 5.75 Å². The molecule has 0 aliphatic carbocycles. The summed E-state index contributed by atoms with van der Waals surface area (Å²) in [4.78, 5) is 0.0357. The van der Waals surface area contributed by atoms with Crippen molar-refractivity contribution in [1.82, 2.24) is 4.72 Å². The van der Waals surface area contributed by atoms with Crippen molar-refractivity contribution in [3.05, 3.63) is 54.1 Å². The fraction of sp³-hybridized carbons (Fsp3) is 0.143. The van der Waals surface area contributed by atoms with Crippen molar-refractivity contribution < 1.29 is 13.2 Å². The van der Waals surface area contributed by atoms with Crippen molar-refractivity contribution in [3.63, 3.8) is 0 Å². The lowest BCUT2D eigenvalue weighted by Gasteiger charge is -2.07. The molecule has 0 unspecified atom stereocenters. The SMILES string of the molecule is COc1ccc(C[N]S(=O)(=O)c2ccccc2N)cc1. The zero-order valence-corrected chi connectivity index (χ0v) is 11.8. The van der Waals surface area contributed by atoms with Gasteiger partial charge in [0.05, 0.1) is 19.3 Å². The summed E-state index contributed by atoms with van der Waals surface area (Å²) >= 11 is 0. The van der Waals surface area contributed by atoms with E-state index in [1.165, 1.54) is 12.1 Å². The second-order valence-corrected chi connectivity index (χ2v) is 5.80. The van der Waals surface area contributed by atoms with Gasteiger partial charge in [0.1, 0.15) is 10.6 Å². The summed E-state index contributed by atoms with van der Waals surface area (Å²) in [6, 6.07) is 13.3. The molecular weight excluding hydrogens is 276 g/mol. The average Bonchev–Trinajstić information content (AvgIpc) is 2.46. The van der Waals surface area contributed by atoms with Crippen LogP contribution in [0.25, 0.3) is 0 Å². The van der Waals surface area contributed by atoms with Crippen LogP contribution >= 0.6 is 0 Å². The normalized spacial score (nSPS) is 11.2. The number of para-hydroxylation sites is 1. The summed E-state index contributed by atoms with van der Waals surface area (Å²) in [7, 11) is -2.16. The van der Waals surface area contributed by atoms with E-state index >= 15 is 0 Å². The molecule has 6 heteroatoms. The molecule has 0 heterocycles. The lowest BCUT2D eigenvalue weighted by molar-refractivity contribution is 0.414. The topological polar surface area (TPSA) is 83.5 Å². The molecule has 0 spiro atoms. The molecular formula is C14H15N2O3S. The summed E-state index contributed by atoms with van der Waals surface area (Å²) < 4.78 is 33.0. The smallest absolute Gasteiger partial charge is 0.259 e. The van der Waals surface area contributed by atoms with Crippen LogP contribution in [0.2, 0.25) is 0 Å². The van der Waals surface area contributed by atoms with Crippen molar-refractivity contribution in [2.75, 3.05) is 12.8 Å². The second-order valence-electron chi connectivity index (χ2n) is 4.15. The minimum Gasteiger partial charge on any atom is -0.497 e. The van der Waals surface area contributed by atoms with Crippen LogP contribution in [-0.4, -0.2) is 15.5 Å². The standard InChI is InChI=1S/C14H15N2O3S/c1-19-12-8-6-11(7-9-12)10-16-20(17,18)14-5-3-2-4-13(14)15/h2-9H,10,15H2,1H3. The van der Waals surface area contributed by atoms with E-state index in [1.54, 1.807) is 43.5 Å². The van der Waals surface area contributed by atoms with Gasteiger partial charge in [0.15, 0.2) is 0 Å². The number of anilines is 1. The van der Waals surface area contributed by atoms with Crippen LogP contribution in [0, 0.1) is 0 Å². The molecule has 0 fully saturated rings. The number of methoxy groups -OCH3 is 1. The van der Waals surface area contributed by atoms with Gasteiger partial charge in [-0.2, -0.15) is 0 Å². The molecule has 2 aromatic rings. The van der Waals surface area contributed by atoms with E-state index in [2.05, 4.69) is 4.72 Å². The van der Waals surface area contributed by atoms with Gasteiger partial charge in [0, 0.05) is 0 Å². The Morgan fingerprint density at radius 3 is 2.35 bits per heavy atom. The third-order valence-corrected chi connectivity index (χ3v) is 4.17. The monoisotopic (exact) mass is 291 g/mol. The van der Waals surface area contributed by atoms with Crippen LogP contribution in [0.1, 0.15) is 5.56 Å². The van der Waals surface area contributed by atoms with E-state index < -0.39 is 10.0 Å². The Morgan fingerprint density at radius 1 is 1.10 bits per heavy atom. The first-order chi connectivity index (χ1) is 9.53. The Kier molecular flexibility index (Phi) is 4.26. The van der Waals surface area contributed by atoms with Crippen molar-refractivity contribution in [2.45, 2.75) is 11.4 Å². The molecule has 105 valence electrons. The van der Waals surface area contributed by atoms with Crippen LogP contribution in [0.15, 0.2) is 53.4 Å². The van der Waals surface area contributed by atoms with Crippen molar-refractivity contribution >= 4 is 15.7 Å². The minimum absolute atomic E-state index is 0.0357. The molecule has 20 heavy (non-hydrogen) atoms. The van der Waals surface area contributed by atoms with E-state index in [0.717, 1.165) is 5.56 Å². The third kappa shape index (κ3) is 3.28. The second kappa shape index (κ2) is 5.94. The molecule has 1 radical (unpaired) electrons. The Morgan fingerprint density at radius 2 is 1.75 bits per heavy atom. The predicted octanol–water partition coefficient (Wildman–Crippen LogP) is 1.77. The fourth-order valence-electron chi connectivity index (χ4n) is 1.68. The zero-order valence-electron chi connectivity index (χ0n) is 11.0. The minimum atomic E-state index is -3.74. The number of nitrogens with zero attached hydrogens (tertiary/aromatic N) is 1. The van der Waals surface area contributed by atoms with Gasteiger partial charge < -0.3 is 10.5 Å². The number of benzene rings is 2. The molecule has 0 aliphatic rings. The quantitative estimate of drug-likeness (QED) is 0.851. The van der Waals surface area contributed by atoms with Gasteiger partial charge in [-0.1, -0.05) is 24.3 Å². The number of hydrogen-bond acceptors (Lipinski definition) is 4. The first-order valence-corrected chi connectivity index (χ1v) is 7.38. The Hall–Kier alpha value is -2.05. The van der Waals surface area contributed by atoms with Crippen LogP contribution in [-0.2, 0) is 16.6 Å². The predicted molar refractivity (Wildman–Crippen MR) is 76.9 cm³/mol. The first-order valence-electron chi connectivity index (χ1n) is 5.94. The Labute approximate surface area is 118 Å². The number of hydrogen-bond donors (Lipinski definition) is 1. The van der Waals surface area contributed by atoms with E-state index in [-0.39, 0.29) is 17.1 Å². The van der Waals surface area contributed by atoms with Gasteiger partial charge in [-0.05, 0) is 29.8 Å². The lowest BCUT2D eigenvalue weighted by Crippen LogP contribution is -2.17. The highest BCUT2D eigenvalue weighted by Gasteiger charge is 2.17. The molecule has 2 N–H and O–H groups in total. The number of nitrogen functional groups attached to an aromatic ring is 1. The fourth-order valence-corrected chi connectivity index (χ4v) is 2.75. The molecule has 2 aromatic carbocycles. The van der Waals surface area contributed by atoms with Gasteiger partial charge in [-0.3, -0.25) is 0 Å². The summed E-state index contributed by atoms with van der Waals surface area (Å²) in [5, 5.41) is 0. The van der Waals surface area contributed by atoms with Gasteiger partial charge in [-0.25, -0.2) is 8.42 Å². The summed E-state index contributed by atoms with van der Waals surface area (Å²) in [5.41, 5.74) is 6.64. The molecule has 5 nitrogen and oxygen atoms in total. The third-order valence-electron chi connectivity index (χ3n) is 2.77. The maximum Gasteiger partial charge on any atom is 0.259 e. The van der Waals surface area contributed by atoms with Gasteiger partial charge >= 0.3 is 0 Å². The van der Waals surface area contributed by atoms with E-state index in [9.17, 15) is 8.42 Å². The highest BCUT2D eigenvalue weighted by atomic mass is 32.2. The van der Waals surface area contributed by atoms with Crippen molar-refractivity contribution in [1.29, 1.82) is 0 Å². The van der Waals surface area contributed by atoms with Crippen LogP contribution in [0.3, 0.4) is 0 Å². The molecule has 0 amide bonds. The number of ether oxygens (including phenoxy) is 1. The summed E-state index contributed by atoms with van der Waals surface area (Å²) in [6.45, 7) is 0.0701.